The van der Waals surface area contributed by atoms with E-state index in [1.165, 1.54) is 11.6 Å². The lowest BCUT2D eigenvalue weighted by atomic mass is 10.0. The first-order valence-corrected chi connectivity index (χ1v) is 9.20. The summed E-state index contributed by atoms with van der Waals surface area (Å²) < 4.78 is 21.2. The average Bonchev–Trinajstić information content (AvgIpc) is 2.97. The highest BCUT2D eigenvalue weighted by molar-refractivity contribution is 7.80. The van der Waals surface area contributed by atoms with E-state index in [-0.39, 0.29) is 6.61 Å². The molecule has 0 spiro atoms. The van der Waals surface area contributed by atoms with Gasteiger partial charge in [0.25, 0.3) is 0 Å². The lowest BCUT2D eigenvalue weighted by Crippen LogP contribution is -2.07. The van der Waals surface area contributed by atoms with E-state index in [9.17, 15) is 4.39 Å². The molecule has 0 aliphatic rings. The average molecular weight is 388 g/mol. The fourth-order valence-corrected chi connectivity index (χ4v) is 2.87. The number of allylic oxidation sites excluding steroid dienone is 6. The molecule has 0 fully saturated rings. The minimum atomic E-state index is -0.392. The molecule has 1 aromatic heterocycles. The summed E-state index contributed by atoms with van der Waals surface area (Å²) in [5.41, 5.74) is 3.78. The van der Waals surface area contributed by atoms with Crippen LogP contribution in [0.2, 0.25) is 0 Å². The van der Waals surface area contributed by atoms with E-state index < -0.39 is 5.82 Å². The van der Waals surface area contributed by atoms with Crippen LogP contribution in [0.5, 0.6) is 0 Å². The number of thiol groups is 1. The van der Waals surface area contributed by atoms with Crippen molar-refractivity contribution in [2.75, 3.05) is 7.11 Å². The van der Waals surface area contributed by atoms with Crippen LogP contribution in [0.3, 0.4) is 0 Å². The Bertz CT molecular complexity index is 893. The number of ether oxygens (including phenoxy) is 1. The largest absolute Gasteiger partial charge is 0.377 e. The zero-order valence-electron chi connectivity index (χ0n) is 16.5. The highest BCUT2D eigenvalue weighted by atomic mass is 32.1. The van der Waals surface area contributed by atoms with Crippen LogP contribution < -0.4 is 0 Å². The molecule has 144 valence electrons. The molecule has 0 atom stereocenters. The highest BCUT2D eigenvalue weighted by Crippen LogP contribution is 2.21. The zero-order valence-corrected chi connectivity index (χ0v) is 17.3. The maximum Gasteiger partial charge on any atom is 0.176 e. The first-order chi connectivity index (χ1) is 12.8. The van der Waals surface area contributed by atoms with Crippen LogP contribution in [0, 0.1) is 5.82 Å². The monoisotopic (exact) mass is 387 g/mol. The quantitative estimate of drug-likeness (QED) is 0.521. The molecule has 0 aliphatic carbocycles. The lowest BCUT2D eigenvalue weighted by Gasteiger charge is -2.10. The van der Waals surface area contributed by atoms with Crippen LogP contribution >= 0.6 is 12.6 Å². The molecule has 0 saturated carbocycles. The predicted molar refractivity (Wildman–Crippen MR) is 110 cm³/mol. The number of hydrogen-bond acceptors (Lipinski definition) is 4. The first-order valence-electron chi connectivity index (χ1n) is 8.75. The van der Waals surface area contributed by atoms with Gasteiger partial charge in [-0.1, -0.05) is 29.4 Å². The van der Waals surface area contributed by atoms with Gasteiger partial charge in [-0.15, -0.1) is 17.7 Å². The van der Waals surface area contributed by atoms with Crippen LogP contribution in [0.4, 0.5) is 4.39 Å². The fraction of sp³-hybridized carbons (Fsp3) is 0.333. The van der Waals surface area contributed by atoms with E-state index in [0.29, 0.717) is 28.7 Å². The molecule has 1 aromatic carbocycles. The van der Waals surface area contributed by atoms with E-state index >= 15 is 0 Å². The molecule has 0 saturated heterocycles. The van der Waals surface area contributed by atoms with Crippen LogP contribution in [0.15, 0.2) is 58.0 Å². The molecular formula is C21H26FN3OS. The van der Waals surface area contributed by atoms with E-state index in [1.807, 2.05) is 13.0 Å². The molecule has 6 heteroatoms. The Morgan fingerprint density at radius 1 is 1.30 bits per heavy atom. The fourth-order valence-electron chi connectivity index (χ4n) is 2.69. The number of halogens is 1. The smallest absolute Gasteiger partial charge is 0.176 e. The van der Waals surface area contributed by atoms with Crippen molar-refractivity contribution in [3.8, 4) is 5.69 Å². The van der Waals surface area contributed by atoms with Gasteiger partial charge in [0.15, 0.2) is 5.82 Å². The number of benzene rings is 1. The van der Waals surface area contributed by atoms with E-state index in [1.54, 1.807) is 23.9 Å². The van der Waals surface area contributed by atoms with Crippen molar-refractivity contribution in [2.45, 2.75) is 45.6 Å². The Labute approximate surface area is 165 Å². The van der Waals surface area contributed by atoms with E-state index in [0.717, 1.165) is 11.1 Å². The van der Waals surface area contributed by atoms with Gasteiger partial charge in [0, 0.05) is 18.4 Å². The number of hydrogen-bond donors (Lipinski definition) is 1. The second-order valence-electron chi connectivity index (χ2n) is 6.52. The van der Waals surface area contributed by atoms with Gasteiger partial charge < -0.3 is 4.74 Å². The van der Waals surface area contributed by atoms with Gasteiger partial charge >= 0.3 is 0 Å². The highest BCUT2D eigenvalue weighted by Gasteiger charge is 2.16. The number of methoxy groups -OCH3 is 1. The summed E-state index contributed by atoms with van der Waals surface area (Å²) in [5.74, 6) is 0.787. The van der Waals surface area contributed by atoms with Crippen molar-refractivity contribution < 1.29 is 9.13 Å². The van der Waals surface area contributed by atoms with Crippen LogP contribution in [-0.2, 0) is 17.8 Å². The van der Waals surface area contributed by atoms with E-state index in [2.05, 4.69) is 55.6 Å². The van der Waals surface area contributed by atoms with Crippen molar-refractivity contribution >= 4 is 12.6 Å². The van der Waals surface area contributed by atoms with Gasteiger partial charge in [-0.25, -0.2) is 14.1 Å². The van der Waals surface area contributed by atoms with Gasteiger partial charge in [-0.05, 0) is 51.5 Å². The van der Waals surface area contributed by atoms with Crippen molar-refractivity contribution in [1.82, 2.24) is 14.8 Å². The second-order valence-corrected chi connectivity index (χ2v) is 7.03. The van der Waals surface area contributed by atoms with Gasteiger partial charge in [0.2, 0.25) is 0 Å². The Balaban J connectivity index is 2.52. The van der Waals surface area contributed by atoms with Crippen molar-refractivity contribution in [1.29, 1.82) is 0 Å². The number of aromatic nitrogens is 3. The van der Waals surface area contributed by atoms with Crippen molar-refractivity contribution in [3.05, 3.63) is 70.6 Å². The Morgan fingerprint density at radius 3 is 2.63 bits per heavy atom. The molecule has 2 aromatic rings. The summed E-state index contributed by atoms with van der Waals surface area (Å²) in [6, 6.07) is 4.77. The molecule has 0 amide bonds. The maximum atomic E-state index is 14.5. The Kier molecular flexibility index (Phi) is 7.56. The summed E-state index contributed by atoms with van der Waals surface area (Å²) in [4.78, 5) is 5.14. The Morgan fingerprint density at radius 2 is 2.04 bits per heavy atom. The third kappa shape index (κ3) is 5.65. The normalized spacial score (nSPS) is 12.0. The summed E-state index contributed by atoms with van der Waals surface area (Å²) in [6.45, 7) is 8.42. The summed E-state index contributed by atoms with van der Waals surface area (Å²) >= 11 is 4.19. The molecule has 27 heavy (non-hydrogen) atoms. The standard InChI is InChI=1S/C21H26FN3OS/c1-6-7-15(4)10-16(14(2)3)11-21-23-20(13-26-5)24-25(21)19-9-8-17(27)12-18(19)22/h6-10,12,27H,11,13H2,1-5H3/b7-6-,15-10-. The van der Waals surface area contributed by atoms with Crippen LogP contribution in [0.25, 0.3) is 5.69 Å². The molecule has 0 radical (unpaired) electrons. The molecule has 2 rings (SSSR count). The number of nitrogens with zero attached hydrogens (tertiary/aromatic N) is 3. The van der Waals surface area contributed by atoms with Gasteiger partial charge in [-0.3, -0.25) is 0 Å². The molecule has 0 bridgehead atoms. The molecule has 0 aliphatic heterocycles. The van der Waals surface area contributed by atoms with Gasteiger partial charge in [0.05, 0.1) is 0 Å². The minimum Gasteiger partial charge on any atom is -0.377 e. The molecule has 4 nitrogen and oxygen atoms in total. The third-order valence-electron chi connectivity index (χ3n) is 3.97. The van der Waals surface area contributed by atoms with Gasteiger partial charge in [0.1, 0.15) is 23.9 Å². The van der Waals surface area contributed by atoms with Crippen LogP contribution in [0.1, 0.15) is 39.3 Å². The maximum absolute atomic E-state index is 14.5. The third-order valence-corrected chi connectivity index (χ3v) is 4.25. The summed E-state index contributed by atoms with van der Waals surface area (Å²) in [7, 11) is 1.58. The molecule has 1 heterocycles. The first kappa shape index (κ1) is 21.1. The second kappa shape index (κ2) is 9.67. The molecular weight excluding hydrogens is 361 g/mol. The predicted octanol–water partition coefficient (Wildman–Crippen LogP) is 5.24. The minimum absolute atomic E-state index is 0.268. The number of rotatable bonds is 7. The molecule has 0 N–H and O–H groups in total. The van der Waals surface area contributed by atoms with Crippen molar-refractivity contribution in [2.24, 2.45) is 0 Å². The Hall–Kier alpha value is -2.18. The SMILES string of the molecule is C/C=C\C(C)=C/C(Cc1nc(COC)nn1-c1ccc(S)cc1F)=C(C)C. The topological polar surface area (TPSA) is 39.9 Å². The summed E-state index contributed by atoms with van der Waals surface area (Å²) in [6.07, 6.45) is 6.71. The molecule has 0 unspecified atom stereocenters. The van der Waals surface area contributed by atoms with Crippen molar-refractivity contribution in [3.63, 3.8) is 0 Å². The van der Waals surface area contributed by atoms with Crippen LogP contribution in [-0.4, -0.2) is 21.9 Å². The van der Waals surface area contributed by atoms with E-state index in [4.69, 9.17) is 4.74 Å². The lowest BCUT2D eigenvalue weighted by molar-refractivity contribution is 0.178. The zero-order chi connectivity index (χ0) is 20.0. The summed E-state index contributed by atoms with van der Waals surface area (Å²) in [5, 5.41) is 4.45. The van der Waals surface area contributed by atoms with Gasteiger partial charge in [-0.2, -0.15) is 0 Å².